The topological polar surface area (TPSA) is 111 Å². The van der Waals surface area contributed by atoms with E-state index < -0.39 is 0 Å². The molecule has 102 valence electrons. The van der Waals surface area contributed by atoms with Crippen LogP contribution in [0.3, 0.4) is 0 Å². The van der Waals surface area contributed by atoms with E-state index in [0.29, 0.717) is 0 Å². The maximum Gasteiger partial charge on any atom is 0.235 e. The zero-order valence-corrected chi connectivity index (χ0v) is 11.0. The van der Waals surface area contributed by atoms with Gasteiger partial charge in [-0.1, -0.05) is 39.0 Å². The third kappa shape index (κ3) is 36.8. The third-order valence-electron chi connectivity index (χ3n) is 2.00. The Labute approximate surface area is 108 Å². The highest BCUT2D eigenvalue weighted by Crippen LogP contribution is 2.08. The molecule has 0 radical (unpaired) electrons. The van der Waals surface area contributed by atoms with Crippen molar-refractivity contribution in [2.24, 2.45) is 4.99 Å². The molecule has 0 aromatic heterocycles. The average molecular weight is 255 g/mol. The van der Waals surface area contributed by atoms with Gasteiger partial charge in [-0.2, -0.15) is 0 Å². The van der Waals surface area contributed by atoms with E-state index in [1.54, 1.807) is 6.08 Å². The molecule has 0 aromatic carbocycles. The molecule has 2 N–H and O–H groups in total. The van der Waals surface area contributed by atoms with Gasteiger partial charge in [0, 0.05) is 0 Å². The predicted molar refractivity (Wildman–Crippen MR) is 67.8 cm³/mol. The van der Waals surface area contributed by atoms with E-state index >= 15 is 0 Å². The highest BCUT2D eigenvalue weighted by molar-refractivity contribution is 5.33. The molecule has 0 aliphatic heterocycles. The van der Waals surface area contributed by atoms with Gasteiger partial charge in [0.25, 0.3) is 0 Å². The van der Waals surface area contributed by atoms with Gasteiger partial charge >= 0.3 is 0 Å². The highest BCUT2D eigenvalue weighted by atomic mass is 16.1. The Morgan fingerprint density at radius 1 is 1.00 bits per heavy atom. The first kappa shape index (κ1) is 21.4. The van der Waals surface area contributed by atoms with E-state index in [1.165, 1.54) is 32.1 Å². The Kier molecular flexibility index (Phi) is 29.0. The Morgan fingerprint density at radius 2 is 1.44 bits per heavy atom. The maximum absolute atomic E-state index is 9.86. The van der Waals surface area contributed by atoms with Crippen LogP contribution in [0.25, 0.3) is 0 Å². The highest BCUT2D eigenvalue weighted by Gasteiger charge is 1.97. The van der Waals surface area contributed by atoms with Crippen molar-refractivity contribution in [2.45, 2.75) is 58.4 Å². The molecule has 0 aliphatic rings. The number of nitrogens with one attached hydrogen (secondary N) is 2. The molecule has 18 heavy (non-hydrogen) atoms. The van der Waals surface area contributed by atoms with Crippen LogP contribution >= 0.6 is 0 Å². The molecular formula is C12H21N3O3. The van der Waals surface area contributed by atoms with E-state index in [2.05, 4.69) is 11.9 Å². The molecule has 0 fully saturated rings. The van der Waals surface area contributed by atoms with Crippen LogP contribution in [0.1, 0.15) is 52.4 Å². The molecule has 1 atom stereocenters. The smallest absolute Gasteiger partial charge is 0.222 e. The molecule has 6 nitrogen and oxygen atoms in total. The quantitative estimate of drug-likeness (QED) is 0.414. The van der Waals surface area contributed by atoms with E-state index in [-0.39, 0.29) is 6.04 Å². The number of rotatable bonds is 7. The predicted octanol–water partition coefficient (Wildman–Crippen LogP) is 2.87. The lowest BCUT2D eigenvalue weighted by Crippen LogP contribution is -1.96. The second-order valence-corrected chi connectivity index (χ2v) is 3.48. The van der Waals surface area contributed by atoms with Crippen LogP contribution < -0.4 is 0 Å². The van der Waals surface area contributed by atoms with Crippen molar-refractivity contribution in [1.82, 2.24) is 0 Å². The molecule has 0 spiro atoms. The standard InChI is InChI=1S/C10H19NO.2CHNO/c1-3-4-5-6-7-8-10(2)11-9-12;2*2-1-3/h10H,3-8H2,1-2H3;2*2H. The zero-order chi connectivity index (χ0) is 14.6. The molecule has 6 heteroatoms. The fourth-order valence-electron chi connectivity index (χ4n) is 1.20. The van der Waals surface area contributed by atoms with Crippen molar-refractivity contribution >= 4 is 18.2 Å². The van der Waals surface area contributed by atoms with Crippen molar-refractivity contribution in [3.05, 3.63) is 0 Å². The van der Waals surface area contributed by atoms with Gasteiger partial charge in [0.15, 0.2) is 0 Å². The van der Waals surface area contributed by atoms with E-state index in [1.807, 2.05) is 6.92 Å². The first-order valence-corrected chi connectivity index (χ1v) is 5.79. The Bertz CT molecular complexity index is 262. The van der Waals surface area contributed by atoms with E-state index in [4.69, 9.17) is 20.4 Å². The van der Waals surface area contributed by atoms with Crippen LogP contribution in [0.15, 0.2) is 4.99 Å². The molecular weight excluding hydrogens is 234 g/mol. The summed E-state index contributed by atoms with van der Waals surface area (Å²) in [4.78, 5) is 30.2. The lowest BCUT2D eigenvalue weighted by atomic mass is 10.1. The fraction of sp³-hybridized carbons (Fsp3) is 0.750. The summed E-state index contributed by atoms with van der Waals surface area (Å²) in [5, 5.41) is 10.8. The molecule has 0 heterocycles. The zero-order valence-electron chi connectivity index (χ0n) is 11.0. The number of isocyanates is 3. The summed E-state index contributed by atoms with van der Waals surface area (Å²) < 4.78 is 0. The lowest BCUT2D eigenvalue weighted by Gasteiger charge is -2.02. The molecule has 0 amide bonds. The SMILES string of the molecule is CCCCCCCC(C)N=C=O.N=C=O.N=C=O. The van der Waals surface area contributed by atoms with Crippen LogP contribution in [-0.2, 0) is 14.4 Å². The summed E-state index contributed by atoms with van der Waals surface area (Å²) >= 11 is 0. The van der Waals surface area contributed by atoms with Gasteiger partial charge in [0.2, 0.25) is 18.2 Å². The van der Waals surface area contributed by atoms with Crippen molar-refractivity contribution in [3.8, 4) is 0 Å². The van der Waals surface area contributed by atoms with E-state index in [9.17, 15) is 4.79 Å². The molecule has 0 aliphatic carbocycles. The van der Waals surface area contributed by atoms with Crippen LogP contribution in [0.5, 0.6) is 0 Å². The molecule has 0 saturated heterocycles. The molecule has 1 unspecified atom stereocenters. The second kappa shape index (κ2) is 24.4. The Balaban J connectivity index is -0.000000315. The second-order valence-electron chi connectivity index (χ2n) is 3.48. The molecule has 0 aromatic rings. The van der Waals surface area contributed by atoms with Crippen LogP contribution in [-0.4, -0.2) is 24.3 Å². The van der Waals surface area contributed by atoms with E-state index in [0.717, 1.165) is 18.6 Å². The number of aliphatic imine (C=N–C) groups is 1. The summed E-state index contributed by atoms with van der Waals surface area (Å²) in [5.74, 6) is 0. The van der Waals surface area contributed by atoms with Crippen LogP contribution in [0.2, 0.25) is 0 Å². The Morgan fingerprint density at radius 3 is 1.83 bits per heavy atom. The van der Waals surface area contributed by atoms with Crippen LogP contribution in [0, 0.1) is 10.8 Å². The Hall–Kier alpha value is -1.86. The largest absolute Gasteiger partial charge is 0.235 e. The fourth-order valence-corrected chi connectivity index (χ4v) is 1.20. The number of unbranched alkanes of at least 4 members (excludes halogenated alkanes) is 4. The lowest BCUT2D eigenvalue weighted by molar-refractivity contribution is 0.541. The molecule has 0 rings (SSSR count). The van der Waals surface area contributed by atoms with Crippen LogP contribution in [0.4, 0.5) is 0 Å². The summed E-state index contributed by atoms with van der Waals surface area (Å²) in [6, 6.07) is 0.170. The van der Waals surface area contributed by atoms with Gasteiger partial charge in [-0.25, -0.2) is 30.2 Å². The average Bonchev–Trinajstić information content (AvgIpc) is 2.31. The number of nitrogens with zero attached hydrogens (tertiary/aromatic N) is 1. The first-order valence-electron chi connectivity index (χ1n) is 5.79. The minimum atomic E-state index is 0.170. The van der Waals surface area contributed by atoms with Gasteiger partial charge in [0.1, 0.15) is 0 Å². The summed E-state index contributed by atoms with van der Waals surface area (Å²) in [6.07, 6.45) is 10.5. The van der Waals surface area contributed by atoms with Gasteiger partial charge in [-0.15, -0.1) is 0 Å². The minimum Gasteiger partial charge on any atom is -0.222 e. The van der Waals surface area contributed by atoms with Gasteiger partial charge in [0.05, 0.1) is 6.04 Å². The third-order valence-corrected chi connectivity index (χ3v) is 2.00. The minimum absolute atomic E-state index is 0.170. The van der Waals surface area contributed by atoms with Crippen molar-refractivity contribution in [1.29, 1.82) is 10.8 Å². The van der Waals surface area contributed by atoms with Crippen molar-refractivity contribution < 1.29 is 14.4 Å². The number of hydrogen-bond donors (Lipinski definition) is 2. The van der Waals surface area contributed by atoms with Gasteiger partial charge in [-0.05, 0) is 13.3 Å². The van der Waals surface area contributed by atoms with Gasteiger partial charge in [-0.3, -0.25) is 0 Å². The number of carbonyl (C=O) groups excluding carboxylic acids is 3. The molecule has 0 saturated carbocycles. The monoisotopic (exact) mass is 255 g/mol. The van der Waals surface area contributed by atoms with Gasteiger partial charge < -0.3 is 0 Å². The van der Waals surface area contributed by atoms with Crippen molar-refractivity contribution in [3.63, 3.8) is 0 Å². The number of hydrogen-bond acceptors (Lipinski definition) is 6. The summed E-state index contributed by atoms with van der Waals surface area (Å²) in [5.41, 5.74) is 0. The normalized spacial score (nSPS) is 9.00. The maximum atomic E-state index is 9.86. The summed E-state index contributed by atoms with van der Waals surface area (Å²) in [7, 11) is 0. The summed E-state index contributed by atoms with van der Waals surface area (Å²) in [6.45, 7) is 4.17. The molecule has 0 bridgehead atoms. The first-order chi connectivity index (χ1) is 8.64. The van der Waals surface area contributed by atoms with Crippen molar-refractivity contribution in [2.75, 3.05) is 0 Å².